The second kappa shape index (κ2) is 6.27. The highest BCUT2D eigenvalue weighted by atomic mass is 35.5. The second-order valence-electron chi connectivity index (χ2n) is 5.88. The van der Waals surface area contributed by atoms with Crippen molar-refractivity contribution in [3.63, 3.8) is 0 Å². The minimum Gasteiger partial charge on any atom is -0.310 e. The molecule has 4 nitrogen and oxygen atoms in total. The van der Waals surface area contributed by atoms with E-state index in [4.69, 9.17) is 23.2 Å². The standard InChI is InChI=1S/C14H19Cl2N3O/c1-9(2)8-14(5-3-4-6-14)12(20)18-11-7-10(15)17-13(16)19-11/h7,9H,3-6,8H2,1-2H3,(H,17,18,19,20). The van der Waals surface area contributed by atoms with Crippen LogP contribution in [0, 0.1) is 11.3 Å². The summed E-state index contributed by atoms with van der Waals surface area (Å²) in [5.74, 6) is 0.876. The number of anilines is 1. The number of hydrogen-bond acceptors (Lipinski definition) is 3. The van der Waals surface area contributed by atoms with Crippen LogP contribution in [0.25, 0.3) is 0 Å². The van der Waals surface area contributed by atoms with Crippen LogP contribution in [0.5, 0.6) is 0 Å². The van der Waals surface area contributed by atoms with Gasteiger partial charge >= 0.3 is 0 Å². The Morgan fingerprint density at radius 3 is 2.55 bits per heavy atom. The molecule has 1 aromatic rings. The molecule has 1 amide bonds. The van der Waals surface area contributed by atoms with Gasteiger partial charge in [0.2, 0.25) is 11.2 Å². The Morgan fingerprint density at radius 2 is 2.00 bits per heavy atom. The molecule has 1 aliphatic carbocycles. The van der Waals surface area contributed by atoms with Gasteiger partial charge in [-0.1, -0.05) is 38.3 Å². The van der Waals surface area contributed by atoms with E-state index in [1.54, 1.807) is 0 Å². The molecule has 2 rings (SSSR count). The maximum Gasteiger partial charge on any atom is 0.231 e. The van der Waals surface area contributed by atoms with Gasteiger partial charge in [-0.2, -0.15) is 0 Å². The Bertz CT molecular complexity index is 479. The van der Waals surface area contributed by atoms with Gasteiger partial charge in [0.05, 0.1) is 0 Å². The van der Waals surface area contributed by atoms with Gasteiger partial charge < -0.3 is 5.32 Å². The molecule has 0 atom stereocenters. The van der Waals surface area contributed by atoms with E-state index in [9.17, 15) is 4.79 Å². The van der Waals surface area contributed by atoms with E-state index >= 15 is 0 Å². The van der Waals surface area contributed by atoms with Gasteiger partial charge in [-0.3, -0.25) is 4.79 Å². The molecule has 1 aliphatic rings. The van der Waals surface area contributed by atoms with E-state index in [1.165, 1.54) is 6.07 Å². The van der Waals surface area contributed by atoms with Crippen LogP contribution in [-0.4, -0.2) is 15.9 Å². The lowest BCUT2D eigenvalue weighted by Gasteiger charge is -2.29. The smallest absolute Gasteiger partial charge is 0.231 e. The van der Waals surface area contributed by atoms with Crippen molar-refractivity contribution >= 4 is 34.9 Å². The molecule has 1 heterocycles. The number of halogens is 2. The van der Waals surface area contributed by atoms with E-state index in [0.29, 0.717) is 11.7 Å². The minimum absolute atomic E-state index is 0.0227. The Morgan fingerprint density at radius 1 is 1.35 bits per heavy atom. The van der Waals surface area contributed by atoms with E-state index in [0.717, 1.165) is 32.1 Å². The van der Waals surface area contributed by atoms with Gasteiger partial charge in [0.25, 0.3) is 0 Å². The van der Waals surface area contributed by atoms with Gasteiger partial charge in [-0.25, -0.2) is 9.97 Å². The lowest BCUT2D eigenvalue weighted by Crippen LogP contribution is -2.35. The first-order valence-corrected chi connectivity index (χ1v) is 7.68. The van der Waals surface area contributed by atoms with Gasteiger partial charge in [-0.05, 0) is 36.8 Å². The number of aromatic nitrogens is 2. The van der Waals surface area contributed by atoms with Crippen LogP contribution in [0.15, 0.2) is 6.07 Å². The molecular formula is C14H19Cl2N3O. The first-order valence-electron chi connectivity index (χ1n) is 6.93. The van der Waals surface area contributed by atoms with Gasteiger partial charge in [-0.15, -0.1) is 0 Å². The lowest BCUT2D eigenvalue weighted by atomic mass is 9.77. The molecule has 0 aliphatic heterocycles. The highest BCUT2D eigenvalue weighted by Gasteiger charge is 2.41. The SMILES string of the molecule is CC(C)CC1(C(=O)Nc2cc(Cl)nc(Cl)n2)CCCC1. The number of amides is 1. The van der Waals surface area contributed by atoms with Crippen LogP contribution in [0.3, 0.4) is 0 Å². The molecule has 0 aromatic carbocycles. The summed E-state index contributed by atoms with van der Waals surface area (Å²) >= 11 is 11.6. The molecule has 20 heavy (non-hydrogen) atoms. The fraction of sp³-hybridized carbons (Fsp3) is 0.643. The number of nitrogens with zero attached hydrogens (tertiary/aromatic N) is 2. The molecule has 0 unspecified atom stereocenters. The second-order valence-corrected chi connectivity index (χ2v) is 6.61. The fourth-order valence-corrected chi connectivity index (χ4v) is 3.47. The van der Waals surface area contributed by atoms with E-state index < -0.39 is 0 Å². The Balaban J connectivity index is 2.16. The Labute approximate surface area is 129 Å². The van der Waals surface area contributed by atoms with Gasteiger partial charge in [0.1, 0.15) is 11.0 Å². The summed E-state index contributed by atoms with van der Waals surface area (Å²) in [5, 5.41) is 3.12. The number of carbonyl (C=O) groups is 1. The predicted molar refractivity (Wildman–Crippen MR) is 81.0 cm³/mol. The summed E-state index contributed by atoms with van der Waals surface area (Å²) in [5.41, 5.74) is -0.280. The van der Waals surface area contributed by atoms with E-state index in [1.807, 2.05) is 0 Å². The van der Waals surface area contributed by atoms with Crippen LogP contribution in [0.1, 0.15) is 46.0 Å². The normalized spacial score (nSPS) is 17.4. The summed E-state index contributed by atoms with van der Waals surface area (Å²) < 4.78 is 0. The molecule has 110 valence electrons. The zero-order valence-electron chi connectivity index (χ0n) is 11.7. The number of hydrogen-bond donors (Lipinski definition) is 1. The van der Waals surface area contributed by atoms with Crippen molar-refractivity contribution in [2.24, 2.45) is 11.3 Å². The van der Waals surface area contributed by atoms with Crippen LogP contribution in [0.4, 0.5) is 5.82 Å². The fourth-order valence-electron chi connectivity index (χ4n) is 3.06. The van der Waals surface area contributed by atoms with Crippen LogP contribution in [0.2, 0.25) is 10.4 Å². The topological polar surface area (TPSA) is 54.9 Å². The molecule has 0 saturated heterocycles. The molecule has 1 N–H and O–H groups in total. The number of rotatable bonds is 4. The summed E-state index contributed by atoms with van der Waals surface area (Å²) in [6.07, 6.45) is 4.97. The summed E-state index contributed by atoms with van der Waals surface area (Å²) in [7, 11) is 0. The molecular weight excluding hydrogens is 297 g/mol. The Hall–Kier alpha value is -0.870. The minimum atomic E-state index is -0.280. The molecule has 0 spiro atoms. The lowest BCUT2D eigenvalue weighted by molar-refractivity contribution is -0.126. The highest BCUT2D eigenvalue weighted by Crippen LogP contribution is 2.44. The third kappa shape index (κ3) is 3.61. The average molecular weight is 316 g/mol. The van der Waals surface area contributed by atoms with E-state index in [-0.39, 0.29) is 21.8 Å². The summed E-state index contributed by atoms with van der Waals surface area (Å²) in [6, 6.07) is 1.52. The van der Waals surface area contributed by atoms with Gasteiger partial charge in [0, 0.05) is 11.5 Å². The Kier molecular flexibility index (Phi) is 4.86. The first kappa shape index (κ1) is 15.5. The number of nitrogens with one attached hydrogen (secondary N) is 1. The van der Waals surface area contributed by atoms with Crippen molar-refractivity contribution in [2.75, 3.05) is 5.32 Å². The summed E-state index contributed by atoms with van der Waals surface area (Å²) in [6.45, 7) is 4.29. The van der Waals surface area contributed by atoms with Crippen LogP contribution in [-0.2, 0) is 4.79 Å². The summed E-state index contributed by atoms with van der Waals surface area (Å²) in [4.78, 5) is 20.4. The maximum absolute atomic E-state index is 12.6. The first-order chi connectivity index (χ1) is 9.41. The monoisotopic (exact) mass is 315 g/mol. The van der Waals surface area contributed by atoms with Crippen LogP contribution < -0.4 is 5.32 Å². The van der Waals surface area contributed by atoms with E-state index in [2.05, 4.69) is 29.1 Å². The van der Waals surface area contributed by atoms with Crippen LogP contribution >= 0.6 is 23.2 Å². The predicted octanol–water partition coefficient (Wildman–Crippen LogP) is 4.33. The van der Waals surface area contributed by atoms with Crippen molar-refractivity contribution in [2.45, 2.75) is 46.0 Å². The zero-order chi connectivity index (χ0) is 14.8. The van der Waals surface area contributed by atoms with Crippen molar-refractivity contribution in [3.8, 4) is 0 Å². The highest BCUT2D eigenvalue weighted by molar-refractivity contribution is 6.32. The van der Waals surface area contributed by atoms with Crippen molar-refractivity contribution in [1.82, 2.24) is 9.97 Å². The molecule has 1 fully saturated rings. The molecule has 0 bridgehead atoms. The van der Waals surface area contributed by atoms with Crippen molar-refractivity contribution in [3.05, 3.63) is 16.5 Å². The third-order valence-corrected chi connectivity index (χ3v) is 4.11. The molecule has 6 heteroatoms. The molecule has 0 radical (unpaired) electrons. The third-order valence-electron chi connectivity index (χ3n) is 3.75. The quantitative estimate of drug-likeness (QED) is 0.664. The molecule has 1 saturated carbocycles. The number of carbonyl (C=O) groups excluding carboxylic acids is 1. The van der Waals surface area contributed by atoms with Crippen molar-refractivity contribution in [1.29, 1.82) is 0 Å². The average Bonchev–Trinajstić information content (AvgIpc) is 2.76. The zero-order valence-corrected chi connectivity index (χ0v) is 13.3. The van der Waals surface area contributed by atoms with Crippen molar-refractivity contribution < 1.29 is 4.79 Å². The molecule has 1 aromatic heterocycles. The van der Waals surface area contributed by atoms with Gasteiger partial charge in [0.15, 0.2) is 0 Å². The largest absolute Gasteiger partial charge is 0.310 e. The maximum atomic E-state index is 12.6.